The molecule has 1 N–H and O–H groups in total. The Kier molecular flexibility index (Phi) is 2.60. The summed E-state index contributed by atoms with van der Waals surface area (Å²) in [6.45, 7) is 2.59. The van der Waals surface area contributed by atoms with Gasteiger partial charge in [0.05, 0.1) is 12.2 Å². The predicted molar refractivity (Wildman–Crippen MR) is 56.0 cm³/mol. The molecule has 84 valence electrons. The summed E-state index contributed by atoms with van der Waals surface area (Å²) in [4.78, 5) is 27.7. The minimum Gasteiger partial charge on any atom is -0.477 e. The Morgan fingerprint density at radius 3 is 2.81 bits per heavy atom. The van der Waals surface area contributed by atoms with Crippen molar-refractivity contribution in [3.8, 4) is 0 Å². The fourth-order valence-electron chi connectivity index (χ4n) is 1.80. The average Bonchev–Trinajstić information content (AvgIpc) is 2.27. The van der Waals surface area contributed by atoms with Gasteiger partial charge in [0.25, 0.3) is 0 Å². The maximum atomic E-state index is 11.2. The summed E-state index contributed by atoms with van der Waals surface area (Å²) in [5.74, 6) is -1.05. The van der Waals surface area contributed by atoms with Crippen molar-refractivity contribution in [3.05, 3.63) is 29.1 Å². The van der Waals surface area contributed by atoms with E-state index in [1.807, 2.05) is 0 Å². The molecular formula is C11H12N2O3. The van der Waals surface area contributed by atoms with Crippen LogP contribution in [0.3, 0.4) is 0 Å². The first kappa shape index (κ1) is 10.6. The number of pyridine rings is 1. The van der Waals surface area contributed by atoms with E-state index in [9.17, 15) is 9.59 Å². The number of nitrogens with zero attached hydrogens (tertiary/aromatic N) is 2. The van der Waals surface area contributed by atoms with Crippen LogP contribution in [0.1, 0.15) is 28.7 Å². The number of rotatable bonds is 1. The quantitative estimate of drug-likeness (QED) is 0.755. The fourth-order valence-corrected chi connectivity index (χ4v) is 1.80. The number of carbonyl (C=O) groups excluding carboxylic acids is 1. The van der Waals surface area contributed by atoms with Crippen molar-refractivity contribution in [2.75, 3.05) is 6.54 Å². The van der Waals surface area contributed by atoms with E-state index in [2.05, 4.69) is 4.98 Å². The van der Waals surface area contributed by atoms with Crippen LogP contribution in [0.15, 0.2) is 12.1 Å². The van der Waals surface area contributed by atoms with E-state index in [0.29, 0.717) is 18.8 Å². The lowest BCUT2D eigenvalue weighted by Crippen LogP contribution is -2.35. The number of amides is 1. The lowest BCUT2D eigenvalue weighted by Gasteiger charge is -2.27. The molecule has 1 amide bonds. The van der Waals surface area contributed by atoms with Gasteiger partial charge in [-0.1, -0.05) is 6.07 Å². The molecule has 5 heteroatoms. The van der Waals surface area contributed by atoms with Gasteiger partial charge < -0.3 is 10.0 Å². The molecule has 0 aromatic carbocycles. The van der Waals surface area contributed by atoms with E-state index >= 15 is 0 Å². The van der Waals surface area contributed by atoms with Crippen LogP contribution in [-0.4, -0.2) is 33.4 Å². The number of fused-ring (bicyclic) bond motifs is 1. The smallest absolute Gasteiger partial charge is 0.354 e. The molecule has 0 saturated heterocycles. The molecule has 2 heterocycles. The van der Waals surface area contributed by atoms with Crippen LogP contribution in [0.25, 0.3) is 0 Å². The molecule has 0 fully saturated rings. The van der Waals surface area contributed by atoms with Crippen LogP contribution in [0.2, 0.25) is 0 Å². The lowest BCUT2D eigenvalue weighted by atomic mass is 10.0. The highest BCUT2D eigenvalue weighted by Crippen LogP contribution is 2.17. The Morgan fingerprint density at radius 2 is 2.19 bits per heavy atom. The molecule has 1 aromatic rings. The van der Waals surface area contributed by atoms with Crippen LogP contribution in [0.4, 0.5) is 0 Å². The predicted octanol–water partition coefficient (Wildman–Crippen LogP) is 0.684. The number of hydrogen-bond donors (Lipinski definition) is 1. The summed E-state index contributed by atoms with van der Waals surface area (Å²) in [6, 6.07) is 3.29. The van der Waals surface area contributed by atoms with Crippen molar-refractivity contribution < 1.29 is 14.7 Å². The molecule has 0 radical (unpaired) electrons. The second-order valence-electron chi connectivity index (χ2n) is 3.80. The third-order valence-corrected chi connectivity index (χ3v) is 2.72. The third kappa shape index (κ3) is 1.88. The van der Waals surface area contributed by atoms with Crippen molar-refractivity contribution >= 4 is 11.9 Å². The number of carboxylic acids is 1. The maximum absolute atomic E-state index is 11.2. The van der Waals surface area contributed by atoms with Crippen LogP contribution in [0, 0.1) is 0 Å². The average molecular weight is 220 g/mol. The van der Waals surface area contributed by atoms with E-state index in [1.54, 1.807) is 11.0 Å². The molecule has 0 bridgehead atoms. The van der Waals surface area contributed by atoms with E-state index in [4.69, 9.17) is 5.11 Å². The largest absolute Gasteiger partial charge is 0.477 e. The van der Waals surface area contributed by atoms with Gasteiger partial charge in [0.15, 0.2) is 0 Å². The second-order valence-corrected chi connectivity index (χ2v) is 3.80. The van der Waals surface area contributed by atoms with Crippen molar-refractivity contribution in [2.45, 2.75) is 19.9 Å². The zero-order chi connectivity index (χ0) is 11.7. The van der Waals surface area contributed by atoms with Crippen molar-refractivity contribution in [2.24, 2.45) is 0 Å². The van der Waals surface area contributed by atoms with Gasteiger partial charge in [-0.15, -0.1) is 0 Å². The zero-order valence-corrected chi connectivity index (χ0v) is 8.93. The van der Waals surface area contributed by atoms with Gasteiger partial charge in [-0.05, 0) is 18.1 Å². The Bertz CT molecular complexity index is 457. The molecule has 0 atom stereocenters. The van der Waals surface area contributed by atoms with Crippen LogP contribution >= 0.6 is 0 Å². The summed E-state index contributed by atoms with van der Waals surface area (Å²) >= 11 is 0. The fraction of sp³-hybridized carbons (Fsp3) is 0.364. The van der Waals surface area contributed by atoms with Gasteiger partial charge in [-0.2, -0.15) is 0 Å². The molecule has 0 aliphatic carbocycles. The van der Waals surface area contributed by atoms with Crippen molar-refractivity contribution in [1.82, 2.24) is 9.88 Å². The van der Waals surface area contributed by atoms with Crippen molar-refractivity contribution in [1.29, 1.82) is 0 Å². The van der Waals surface area contributed by atoms with E-state index in [0.717, 1.165) is 12.0 Å². The Labute approximate surface area is 92.7 Å². The number of hydrogen-bond acceptors (Lipinski definition) is 3. The summed E-state index contributed by atoms with van der Waals surface area (Å²) in [5, 5.41) is 8.82. The lowest BCUT2D eigenvalue weighted by molar-refractivity contribution is -0.129. The molecule has 1 aliphatic heterocycles. The Morgan fingerprint density at radius 1 is 1.44 bits per heavy atom. The van der Waals surface area contributed by atoms with E-state index in [-0.39, 0.29) is 11.6 Å². The highest BCUT2D eigenvalue weighted by molar-refractivity contribution is 5.85. The minimum absolute atomic E-state index is 0.00632. The number of carboxylic acid groups (broad SMARTS) is 1. The third-order valence-electron chi connectivity index (χ3n) is 2.72. The number of aromatic carboxylic acids is 1. The second kappa shape index (κ2) is 3.92. The zero-order valence-electron chi connectivity index (χ0n) is 8.93. The molecule has 2 rings (SSSR count). The van der Waals surface area contributed by atoms with Gasteiger partial charge >= 0.3 is 5.97 Å². The highest BCUT2D eigenvalue weighted by Gasteiger charge is 2.20. The van der Waals surface area contributed by atoms with Gasteiger partial charge in [-0.25, -0.2) is 9.78 Å². The van der Waals surface area contributed by atoms with E-state index < -0.39 is 5.97 Å². The molecule has 5 nitrogen and oxygen atoms in total. The molecule has 0 unspecified atom stereocenters. The normalized spacial score (nSPS) is 14.4. The number of aromatic nitrogens is 1. The maximum Gasteiger partial charge on any atom is 0.354 e. The van der Waals surface area contributed by atoms with Gasteiger partial charge in [0.2, 0.25) is 5.91 Å². The van der Waals surface area contributed by atoms with Gasteiger partial charge in [0, 0.05) is 13.5 Å². The van der Waals surface area contributed by atoms with Gasteiger partial charge in [-0.3, -0.25) is 4.79 Å². The molecular weight excluding hydrogens is 208 g/mol. The van der Waals surface area contributed by atoms with E-state index in [1.165, 1.54) is 13.0 Å². The SMILES string of the molecule is CC(=O)N1CCc2ccc(C(=O)O)nc2C1. The van der Waals surface area contributed by atoms with Crippen LogP contribution in [-0.2, 0) is 17.8 Å². The van der Waals surface area contributed by atoms with Crippen LogP contribution in [0.5, 0.6) is 0 Å². The summed E-state index contributed by atoms with van der Waals surface area (Å²) in [5.41, 5.74) is 1.76. The topological polar surface area (TPSA) is 70.5 Å². The first-order valence-electron chi connectivity index (χ1n) is 5.05. The minimum atomic E-state index is -1.04. The first-order valence-corrected chi connectivity index (χ1v) is 5.05. The van der Waals surface area contributed by atoms with Crippen molar-refractivity contribution in [3.63, 3.8) is 0 Å². The standard InChI is InChI=1S/C11H12N2O3/c1-7(14)13-5-4-8-2-3-9(11(15)16)12-10(8)6-13/h2-3H,4-6H2,1H3,(H,15,16). The highest BCUT2D eigenvalue weighted by atomic mass is 16.4. The molecule has 0 spiro atoms. The molecule has 16 heavy (non-hydrogen) atoms. The Balaban J connectivity index is 2.32. The van der Waals surface area contributed by atoms with Gasteiger partial charge in [0.1, 0.15) is 5.69 Å². The summed E-state index contributed by atoms with van der Waals surface area (Å²) in [6.07, 6.45) is 0.738. The molecule has 0 saturated carbocycles. The Hall–Kier alpha value is -1.91. The summed E-state index contributed by atoms with van der Waals surface area (Å²) < 4.78 is 0. The summed E-state index contributed by atoms with van der Waals surface area (Å²) in [7, 11) is 0. The molecule has 1 aromatic heterocycles. The monoisotopic (exact) mass is 220 g/mol. The van der Waals surface area contributed by atoms with Crippen LogP contribution < -0.4 is 0 Å². The first-order chi connectivity index (χ1) is 7.58. The number of carbonyl (C=O) groups is 2. The molecule has 1 aliphatic rings.